The van der Waals surface area contributed by atoms with Crippen molar-refractivity contribution in [3.8, 4) is 17.6 Å². The van der Waals surface area contributed by atoms with Gasteiger partial charge in [0.05, 0.1) is 0 Å². The lowest BCUT2D eigenvalue weighted by atomic mass is 9.98. The molecular formula is C37H44O20. The van der Waals surface area contributed by atoms with E-state index < -0.39 is 122 Å². The first-order valence-corrected chi connectivity index (χ1v) is 17.3. The van der Waals surface area contributed by atoms with Gasteiger partial charge in [0.2, 0.25) is 12.4 Å². The van der Waals surface area contributed by atoms with Crippen LogP contribution in [0.5, 0.6) is 5.75 Å². The maximum absolute atomic E-state index is 12.1. The molecule has 312 valence electrons. The highest BCUT2D eigenvalue weighted by molar-refractivity contribution is 5.70. The summed E-state index contributed by atoms with van der Waals surface area (Å²) in [6.07, 6.45) is -13.8. The van der Waals surface area contributed by atoms with E-state index in [0.29, 0.717) is 5.56 Å². The number of carbonyl (C=O) groups is 8. The number of hydrogen-bond acceptors (Lipinski definition) is 20. The molecule has 0 aliphatic carbocycles. The molecule has 0 spiro atoms. The number of esters is 8. The van der Waals surface area contributed by atoms with Gasteiger partial charge in [-0.3, -0.25) is 38.4 Å². The van der Waals surface area contributed by atoms with Crippen molar-refractivity contribution in [2.75, 3.05) is 19.8 Å². The standard InChI is InChI=1S/C37H44O20/c1-18(38)47-16-28-30(49-20(3)40)32(51-22(5)42)34(53-24(7)44)36(56-28)46-15-9-10-26-11-13-27(14-12-26)55-37-35(54-25(8)45)33(52-23(6)43)31(50-21(4)41)29(57-37)17-48-19(2)39/h11-14,28-37H,15-17H2,1-8H3/t28-,29-,30+,31+,32+,33+,34-,35-,36-,37-/m1/s1. The molecule has 0 unspecified atom stereocenters. The van der Waals surface area contributed by atoms with E-state index >= 15 is 0 Å². The number of carbonyl (C=O) groups excluding carboxylic acids is 8. The summed E-state index contributed by atoms with van der Waals surface area (Å²) in [5.41, 5.74) is 0.439. The fraction of sp³-hybridized carbons (Fsp3) is 0.568. The largest absolute Gasteiger partial charge is 0.463 e. The van der Waals surface area contributed by atoms with Crippen LogP contribution in [0.15, 0.2) is 24.3 Å². The van der Waals surface area contributed by atoms with Crippen molar-refractivity contribution in [2.24, 2.45) is 0 Å². The summed E-state index contributed by atoms with van der Waals surface area (Å²) in [5, 5.41) is 0. The molecule has 0 radical (unpaired) electrons. The fourth-order valence-corrected chi connectivity index (χ4v) is 5.62. The number of ether oxygens (including phenoxy) is 12. The van der Waals surface area contributed by atoms with Crippen molar-refractivity contribution < 1.29 is 95.2 Å². The summed E-state index contributed by atoms with van der Waals surface area (Å²) >= 11 is 0. The Balaban J connectivity index is 1.83. The third-order valence-corrected chi connectivity index (χ3v) is 7.56. The normalized spacial score (nSPS) is 26.5. The molecule has 10 atom stereocenters. The van der Waals surface area contributed by atoms with Crippen molar-refractivity contribution >= 4 is 47.8 Å². The zero-order chi connectivity index (χ0) is 42.4. The molecule has 2 fully saturated rings. The van der Waals surface area contributed by atoms with E-state index in [-0.39, 0.29) is 12.4 Å². The molecule has 2 saturated heterocycles. The second kappa shape index (κ2) is 21.5. The molecule has 57 heavy (non-hydrogen) atoms. The van der Waals surface area contributed by atoms with Crippen LogP contribution in [0.25, 0.3) is 0 Å². The molecule has 3 rings (SSSR count). The Hall–Kier alpha value is -5.78. The van der Waals surface area contributed by atoms with Crippen LogP contribution >= 0.6 is 0 Å². The van der Waals surface area contributed by atoms with Gasteiger partial charge in [-0.1, -0.05) is 11.8 Å². The Kier molecular flexibility index (Phi) is 17.2. The van der Waals surface area contributed by atoms with Gasteiger partial charge >= 0.3 is 47.8 Å². The molecule has 20 nitrogen and oxygen atoms in total. The second-order valence-electron chi connectivity index (χ2n) is 12.4. The van der Waals surface area contributed by atoms with E-state index in [1.54, 1.807) is 12.1 Å². The SMILES string of the molecule is CC(=O)OC[C@H]1O[C@@H](OCC#Cc2ccc(O[C@@H]3O[C@H](COC(C)=O)[C@H](OC(C)=O)[C@H](OC(C)=O)[C@H]3OC(C)=O)cc2)[C@H](OC(C)=O)[C@@H](OC(C)=O)[C@H]1OC(C)=O. The van der Waals surface area contributed by atoms with Crippen LogP contribution in [0.2, 0.25) is 0 Å². The predicted molar refractivity (Wildman–Crippen MR) is 184 cm³/mol. The maximum Gasteiger partial charge on any atom is 0.303 e. The Labute approximate surface area is 326 Å². The summed E-state index contributed by atoms with van der Waals surface area (Å²) < 4.78 is 66.0. The average Bonchev–Trinajstić information content (AvgIpc) is 3.09. The van der Waals surface area contributed by atoms with E-state index in [1.807, 2.05) is 0 Å². The minimum Gasteiger partial charge on any atom is -0.463 e. The molecule has 2 aliphatic heterocycles. The van der Waals surface area contributed by atoms with Crippen LogP contribution < -0.4 is 4.74 Å². The molecule has 1 aromatic carbocycles. The third kappa shape index (κ3) is 14.7. The molecule has 2 heterocycles. The Morgan fingerprint density at radius 1 is 0.491 bits per heavy atom. The number of hydrogen-bond donors (Lipinski definition) is 0. The lowest BCUT2D eigenvalue weighted by molar-refractivity contribution is -0.305. The van der Waals surface area contributed by atoms with Gasteiger partial charge in [0.25, 0.3) is 0 Å². The van der Waals surface area contributed by atoms with E-state index in [4.69, 9.17) is 56.8 Å². The van der Waals surface area contributed by atoms with Crippen LogP contribution in [-0.2, 0) is 90.5 Å². The molecule has 0 N–H and O–H groups in total. The predicted octanol–water partition coefficient (Wildman–Crippen LogP) is 0.600. The van der Waals surface area contributed by atoms with Gasteiger partial charge in [-0.05, 0) is 24.3 Å². The van der Waals surface area contributed by atoms with E-state index in [2.05, 4.69) is 11.8 Å². The molecule has 20 heteroatoms. The van der Waals surface area contributed by atoms with Gasteiger partial charge < -0.3 is 56.8 Å². The van der Waals surface area contributed by atoms with Crippen molar-refractivity contribution in [2.45, 2.75) is 117 Å². The summed E-state index contributed by atoms with van der Waals surface area (Å²) in [6, 6.07) is 6.06. The average molecular weight is 809 g/mol. The third-order valence-electron chi connectivity index (χ3n) is 7.56. The molecule has 0 saturated carbocycles. The summed E-state index contributed by atoms with van der Waals surface area (Å²) in [7, 11) is 0. The molecule has 0 aromatic heterocycles. The molecule has 0 amide bonds. The Morgan fingerprint density at radius 2 is 0.860 bits per heavy atom. The summed E-state index contributed by atoms with van der Waals surface area (Å²) in [5.74, 6) is -0.349. The lowest BCUT2D eigenvalue weighted by Crippen LogP contribution is -2.63. The van der Waals surface area contributed by atoms with Gasteiger partial charge in [0.15, 0.2) is 36.8 Å². The van der Waals surface area contributed by atoms with Crippen LogP contribution in [0.4, 0.5) is 0 Å². The van der Waals surface area contributed by atoms with Crippen LogP contribution in [-0.4, -0.2) is 129 Å². The smallest absolute Gasteiger partial charge is 0.303 e. The molecule has 2 aliphatic rings. The fourth-order valence-electron chi connectivity index (χ4n) is 5.62. The van der Waals surface area contributed by atoms with Gasteiger partial charge in [-0.25, -0.2) is 0 Å². The zero-order valence-electron chi connectivity index (χ0n) is 32.4. The minimum atomic E-state index is -1.46. The number of rotatable bonds is 14. The van der Waals surface area contributed by atoms with Crippen LogP contribution in [0.1, 0.15) is 61.0 Å². The Bertz CT molecular complexity index is 1690. The van der Waals surface area contributed by atoms with Crippen molar-refractivity contribution in [3.63, 3.8) is 0 Å². The molecule has 0 bridgehead atoms. The summed E-state index contributed by atoms with van der Waals surface area (Å²) in [6.45, 7) is 7.66. The lowest BCUT2D eigenvalue weighted by Gasteiger charge is -2.43. The van der Waals surface area contributed by atoms with Gasteiger partial charge in [-0.15, -0.1) is 0 Å². The van der Waals surface area contributed by atoms with Gasteiger partial charge in [-0.2, -0.15) is 0 Å². The van der Waals surface area contributed by atoms with Gasteiger partial charge in [0, 0.05) is 61.0 Å². The molecule has 1 aromatic rings. The zero-order valence-corrected chi connectivity index (χ0v) is 32.4. The Morgan fingerprint density at radius 3 is 1.26 bits per heavy atom. The second-order valence-corrected chi connectivity index (χ2v) is 12.4. The van der Waals surface area contributed by atoms with E-state index in [1.165, 1.54) is 12.1 Å². The monoisotopic (exact) mass is 808 g/mol. The van der Waals surface area contributed by atoms with Crippen molar-refractivity contribution in [3.05, 3.63) is 29.8 Å². The van der Waals surface area contributed by atoms with Crippen molar-refractivity contribution in [1.82, 2.24) is 0 Å². The quantitative estimate of drug-likeness (QED) is 0.142. The minimum absolute atomic E-state index is 0.162. The van der Waals surface area contributed by atoms with Crippen LogP contribution in [0, 0.1) is 11.8 Å². The first-order valence-electron chi connectivity index (χ1n) is 17.3. The topological polar surface area (TPSA) is 247 Å². The van der Waals surface area contributed by atoms with Crippen LogP contribution in [0.3, 0.4) is 0 Å². The molecular weight excluding hydrogens is 764 g/mol. The number of benzene rings is 1. The van der Waals surface area contributed by atoms with Gasteiger partial charge in [0.1, 0.15) is 37.8 Å². The first kappa shape index (κ1) is 45.6. The highest BCUT2D eigenvalue weighted by Crippen LogP contribution is 2.32. The van der Waals surface area contributed by atoms with E-state index in [9.17, 15) is 38.4 Å². The van der Waals surface area contributed by atoms with E-state index in [0.717, 1.165) is 55.4 Å². The highest BCUT2D eigenvalue weighted by Gasteiger charge is 2.54. The maximum atomic E-state index is 12.1. The highest BCUT2D eigenvalue weighted by atomic mass is 16.7. The first-order chi connectivity index (χ1) is 26.8. The summed E-state index contributed by atoms with van der Waals surface area (Å²) in [4.78, 5) is 95.4. The van der Waals surface area contributed by atoms with Crippen molar-refractivity contribution in [1.29, 1.82) is 0 Å².